The smallest absolute Gasteiger partial charge is 0.336 e. The van der Waals surface area contributed by atoms with Gasteiger partial charge in [-0.05, 0) is 43.1 Å². The topological polar surface area (TPSA) is 198 Å². The Morgan fingerprint density at radius 3 is 2.26 bits per heavy atom. The number of aromatic nitrogens is 1. The van der Waals surface area contributed by atoms with Crippen LogP contribution in [0, 0.1) is 11.6 Å². The van der Waals surface area contributed by atoms with E-state index in [1.54, 1.807) is 12.4 Å². The molecule has 0 saturated carbocycles. The zero-order valence-electron chi connectivity index (χ0n) is 24.9. The van der Waals surface area contributed by atoms with Crippen LogP contribution in [-0.2, 0) is 32.8 Å². The molecule has 0 spiro atoms. The van der Waals surface area contributed by atoms with Crippen LogP contribution in [0.2, 0.25) is 0 Å². The SMILES string of the molecule is O=C(O)CC(O)(CC(=O)O)C(=O)O.O[C@H](COc1cc(F)c(F)c2c1CCC2)CN1CCC(O)(c2cncc3ccccc23)CC1. The second-order valence-electron chi connectivity index (χ2n) is 11.7. The number of likely N-dealkylation sites (tertiary alicyclic amines) is 1. The minimum atomic E-state index is -2.74. The first-order valence-electron chi connectivity index (χ1n) is 14.7. The van der Waals surface area contributed by atoms with E-state index < -0.39 is 59.7 Å². The van der Waals surface area contributed by atoms with Crippen molar-refractivity contribution >= 4 is 28.7 Å². The molecular formula is C32H36F2N2O10. The van der Waals surface area contributed by atoms with E-state index in [0.29, 0.717) is 62.2 Å². The molecule has 248 valence electrons. The summed E-state index contributed by atoms with van der Waals surface area (Å²) in [5.74, 6) is -6.37. The molecule has 5 rings (SSSR count). The Hall–Kier alpha value is -4.24. The van der Waals surface area contributed by atoms with Crippen molar-refractivity contribution in [1.82, 2.24) is 9.88 Å². The highest BCUT2D eigenvalue weighted by atomic mass is 19.2. The Labute approximate surface area is 262 Å². The second-order valence-corrected chi connectivity index (χ2v) is 11.7. The number of hydrogen-bond acceptors (Lipinski definition) is 9. The number of piperidine rings is 1. The van der Waals surface area contributed by atoms with E-state index in [4.69, 9.17) is 25.2 Å². The summed E-state index contributed by atoms with van der Waals surface area (Å²) >= 11 is 0. The highest BCUT2D eigenvalue weighted by Crippen LogP contribution is 2.37. The number of aliphatic carboxylic acids is 3. The van der Waals surface area contributed by atoms with Crippen LogP contribution in [0.4, 0.5) is 8.78 Å². The minimum absolute atomic E-state index is 0.00548. The third kappa shape index (κ3) is 8.12. The Balaban J connectivity index is 0.000000315. The third-order valence-electron chi connectivity index (χ3n) is 8.29. The number of β-amino-alcohol motifs (C(OH)–C–C–N with tert-alkyl or cyclic N) is 1. The number of benzene rings is 2. The van der Waals surface area contributed by atoms with Crippen LogP contribution in [0.25, 0.3) is 10.8 Å². The first-order valence-corrected chi connectivity index (χ1v) is 14.7. The molecule has 1 atom stereocenters. The zero-order chi connectivity index (χ0) is 33.6. The predicted octanol–water partition coefficient (Wildman–Crippen LogP) is 2.48. The molecule has 0 bridgehead atoms. The molecule has 3 aromatic rings. The molecule has 6 N–H and O–H groups in total. The van der Waals surface area contributed by atoms with E-state index >= 15 is 0 Å². The van der Waals surface area contributed by atoms with Crippen molar-refractivity contribution in [3.63, 3.8) is 0 Å². The average Bonchev–Trinajstić information content (AvgIpc) is 3.49. The summed E-state index contributed by atoms with van der Waals surface area (Å²) in [4.78, 5) is 36.9. The van der Waals surface area contributed by atoms with Crippen molar-refractivity contribution < 1.29 is 58.5 Å². The van der Waals surface area contributed by atoms with Crippen molar-refractivity contribution in [2.45, 2.75) is 62.3 Å². The summed E-state index contributed by atoms with van der Waals surface area (Å²) in [5.41, 5.74) is -1.74. The molecule has 1 aliphatic heterocycles. The van der Waals surface area contributed by atoms with Gasteiger partial charge in [0.2, 0.25) is 0 Å². The maximum Gasteiger partial charge on any atom is 0.336 e. The van der Waals surface area contributed by atoms with Gasteiger partial charge in [0, 0.05) is 54.6 Å². The van der Waals surface area contributed by atoms with E-state index in [0.717, 1.165) is 28.8 Å². The summed E-state index contributed by atoms with van der Waals surface area (Å²) in [7, 11) is 0. The summed E-state index contributed by atoms with van der Waals surface area (Å²) in [6.45, 7) is 1.63. The van der Waals surface area contributed by atoms with Crippen LogP contribution >= 0.6 is 0 Å². The lowest BCUT2D eigenvalue weighted by molar-refractivity contribution is -0.170. The van der Waals surface area contributed by atoms with Gasteiger partial charge in [-0.3, -0.25) is 14.6 Å². The van der Waals surface area contributed by atoms with Gasteiger partial charge in [0.25, 0.3) is 0 Å². The highest BCUT2D eigenvalue weighted by molar-refractivity contribution is 5.88. The van der Waals surface area contributed by atoms with Gasteiger partial charge < -0.3 is 40.3 Å². The molecule has 0 amide bonds. The maximum atomic E-state index is 14.0. The number of pyridine rings is 1. The van der Waals surface area contributed by atoms with E-state index in [2.05, 4.69) is 9.88 Å². The third-order valence-corrected chi connectivity index (χ3v) is 8.29. The number of carboxylic acid groups (broad SMARTS) is 3. The number of rotatable bonds is 11. The molecule has 2 heterocycles. The monoisotopic (exact) mass is 646 g/mol. The summed E-state index contributed by atoms with van der Waals surface area (Å²) in [6, 6.07) is 9.00. The van der Waals surface area contributed by atoms with Gasteiger partial charge in [0.15, 0.2) is 17.2 Å². The second kappa shape index (κ2) is 14.5. The number of carboxylic acids is 3. The summed E-state index contributed by atoms with van der Waals surface area (Å²) in [6.07, 6.45) is 3.50. The lowest BCUT2D eigenvalue weighted by atomic mass is 9.83. The number of halogens is 2. The fourth-order valence-corrected chi connectivity index (χ4v) is 5.91. The molecule has 2 aliphatic rings. The molecule has 1 fully saturated rings. The molecule has 2 aromatic carbocycles. The van der Waals surface area contributed by atoms with Crippen molar-refractivity contribution in [3.8, 4) is 5.75 Å². The lowest BCUT2D eigenvalue weighted by Crippen LogP contribution is -2.46. The Morgan fingerprint density at radius 1 is 1.00 bits per heavy atom. The number of aliphatic hydroxyl groups excluding tert-OH is 1. The maximum absolute atomic E-state index is 14.0. The Bertz CT molecular complexity index is 1570. The van der Waals surface area contributed by atoms with Crippen LogP contribution in [0.15, 0.2) is 42.7 Å². The number of nitrogens with zero attached hydrogens (tertiary/aromatic N) is 2. The van der Waals surface area contributed by atoms with Crippen molar-refractivity contribution in [2.24, 2.45) is 0 Å². The predicted molar refractivity (Wildman–Crippen MR) is 158 cm³/mol. The van der Waals surface area contributed by atoms with E-state index in [9.17, 15) is 33.4 Å². The largest absolute Gasteiger partial charge is 0.490 e. The quantitative estimate of drug-likeness (QED) is 0.178. The molecule has 46 heavy (non-hydrogen) atoms. The fourth-order valence-electron chi connectivity index (χ4n) is 5.91. The van der Waals surface area contributed by atoms with Crippen molar-refractivity contribution in [2.75, 3.05) is 26.2 Å². The van der Waals surface area contributed by atoms with Gasteiger partial charge in [0.05, 0.1) is 18.4 Å². The molecule has 0 radical (unpaired) electrons. The molecule has 0 unspecified atom stereocenters. The number of hydrogen-bond donors (Lipinski definition) is 6. The summed E-state index contributed by atoms with van der Waals surface area (Å²) < 4.78 is 33.5. The van der Waals surface area contributed by atoms with Crippen LogP contribution < -0.4 is 4.74 Å². The highest BCUT2D eigenvalue weighted by Gasteiger charge is 2.41. The summed E-state index contributed by atoms with van der Waals surface area (Å²) in [5, 5.41) is 57.7. The lowest BCUT2D eigenvalue weighted by Gasteiger charge is -2.39. The molecule has 1 saturated heterocycles. The van der Waals surface area contributed by atoms with Crippen LogP contribution in [0.1, 0.15) is 48.8 Å². The Morgan fingerprint density at radius 2 is 1.63 bits per heavy atom. The zero-order valence-corrected chi connectivity index (χ0v) is 24.9. The van der Waals surface area contributed by atoms with Crippen molar-refractivity contribution in [3.05, 3.63) is 71.1 Å². The normalized spacial score (nSPS) is 16.6. The number of carbonyl (C=O) groups is 3. The molecule has 12 nitrogen and oxygen atoms in total. The van der Waals surface area contributed by atoms with Gasteiger partial charge in [-0.25, -0.2) is 13.6 Å². The first kappa shape index (κ1) is 34.6. The number of fused-ring (bicyclic) bond motifs is 2. The molecule has 1 aromatic heterocycles. The fraction of sp³-hybridized carbons (Fsp3) is 0.438. The van der Waals surface area contributed by atoms with Gasteiger partial charge in [-0.1, -0.05) is 24.3 Å². The van der Waals surface area contributed by atoms with Gasteiger partial charge >= 0.3 is 17.9 Å². The van der Waals surface area contributed by atoms with E-state index in [1.807, 2.05) is 24.3 Å². The molecular weight excluding hydrogens is 610 g/mol. The molecule has 1 aliphatic carbocycles. The van der Waals surface area contributed by atoms with Crippen LogP contribution in [-0.4, -0.2) is 96.4 Å². The van der Waals surface area contributed by atoms with Gasteiger partial charge in [0.1, 0.15) is 18.5 Å². The van der Waals surface area contributed by atoms with Gasteiger partial charge in [-0.15, -0.1) is 0 Å². The standard InChI is InChI=1S/C26H28F2N2O3.C6H8O7/c27-23-12-24(20-6-3-7-21(20)25(23)28)33-16-18(31)15-30-10-8-26(32,9-11-30)22-14-29-13-17-4-1-2-5-19(17)22;7-3(8)1-6(13,5(11)12)2-4(9)10/h1-2,4-5,12-14,18,31-32H,3,6-11,15-16H2;13H,1-2H2,(H,7,8)(H,9,10)(H,11,12)/t18-;/m0./s1. The minimum Gasteiger partial charge on any atom is -0.490 e. The van der Waals surface area contributed by atoms with Crippen LogP contribution in [0.3, 0.4) is 0 Å². The van der Waals surface area contributed by atoms with Crippen molar-refractivity contribution in [1.29, 1.82) is 0 Å². The van der Waals surface area contributed by atoms with Crippen LogP contribution in [0.5, 0.6) is 5.75 Å². The van der Waals surface area contributed by atoms with Gasteiger partial charge in [-0.2, -0.15) is 0 Å². The Kier molecular flexibility index (Phi) is 10.9. The number of ether oxygens (including phenoxy) is 1. The number of aliphatic hydroxyl groups is 3. The molecule has 14 heteroatoms. The average molecular weight is 647 g/mol. The van der Waals surface area contributed by atoms with E-state index in [1.165, 1.54) is 0 Å². The first-order chi connectivity index (χ1) is 21.7. The van der Waals surface area contributed by atoms with E-state index in [-0.39, 0.29) is 6.61 Å².